The van der Waals surface area contributed by atoms with Crippen LogP contribution in [0.4, 0.5) is 5.69 Å². The fraction of sp³-hybridized carbons (Fsp3) is 0.304. The number of amides is 1. The standard InChI is InChI=1S/C23H24N4O4S/c1-5-8-19(28)26-17-10-7-6-9-15(17)20-21(29)24-23(32-4)25-27(20)22(26)16-12-11-14(30-2)13-18(16)31-3/h6-7,9-13,22H,5,8H2,1-4H3/p+1/t22-/m1/s1. The fourth-order valence-electron chi connectivity index (χ4n) is 3.98. The maximum atomic E-state index is 13.4. The Bertz CT molecular complexity index is 1230. The lowest BCUT2D eigenvalue weighted by Crippen LogP contribution is -2.61. The van der Waals surface area contributed by atoms with Gasteiger partial charge in [-0.3, -0.25) is 14.6 Å². The van der Waals surface area contributed by atoms with Crippen molar-refractivity contribution in [2.75, 3.05) is 25.4 Å². The third kappa shape index (κ3) is 3.62. The zero-order valence-corrected chi connectivity index (χ0v) is 19.2. The van der Waals surface area contributed by atoms with E-state index in [9.17, 15) is 9.59 Å². The lowest BCUT2D eigenvalue weighted by atomic mass is 10.00. The topological polar surface area (TPSA) is 88.4 Å². The molecule has 0 fully saturated rings. The number of hydrogen-bond donors (Lipinski definition) is 1. The number of rotatable bonds is 6. The number of carbonyl (C=O) groups excluding carboxylic acids is 1. The molecule has 1 aliphatic rings. The van der Waals surface area contributed by atoms with Crippen LogP contribution < -0.4 is 24.6 Å². The van der Waals surface area contributed by atoms with Crippen molar-refractivity contribution in [2.24, 2.45) is 0 Å². The second-order valence-electron chi connectivity index (χ2n) is 7.27. The van der Waals surface area contributed by atoms with Crippen molar-refractivity contribution in [1.29, 1.82) is 0 Å². The molecular weight excluding hydrogens is 428 g/mol. The minimum Gasteiger partial charge on any atom is -0.497 e. The molecule has 8 nitrogen and oxygen atoms in total. The molecule has 0 aliphatic carbocycles. The Morgan fingerprint density at radius 1 is 1.22 bits per heavy atom. The summed E-state index contributed by atoms with van der Waals surface area (Å²) in [5.41, 5.74) is 2.14. The summed E-state index contributed by atoms with van der Waals surface area (Å²) in [5, 5.41) is 5.16. The number of thioether (sulfide) groups is 1. The third-order valence-corrected chi connectivity index (χ3v) is 5.97. The lowest BCUT2D eigenvalue weighted by Gasteiger charge is -2.32. The smallest absolute Gasteiger partial charge is 0.325 e. The molecule has 0 saturated heterocycles. The molecule has 0 spiro atoms. The first-order valence-electron chi connectivity index (χ1n) is 10.3. The Morgan fingerprint density at radius 2 is 2.00 bits per heavy atom. The zero-order valence-electron chi connectivity index (χ0n) is 18.4. The molecule has 0 radical (unpaired) electrons. The number of methoxy groups -OCH3 is 2. The Hall–Kier alpha value is -3.33. The van der Waals surface area contributed by atoms with Crippen molar-refractivity contribution in [1.82, 2.24) is 10.1 Å². The Labute approximate surface area is 190 Å². The number of para-hydroxylation sites is 1. The highest BCUT2D eigenvalue weighted by atomic mass is 32.2. The highest BCUT2D eigenvalue weighted by Gasteiger charge is 2.46. The number of anilines is 1. The minimum atomic E-state index is -0.701. The van der Waals surface area contributed by atoms with Gasteiger partial charge in [-0.2, -0.15) is 0 Å². The third-order valence-electron chi connectivity index (χ3n) is 5.40. The van der Waals surface area contributed by atoms with Crippen LogP contribution in [0.15, 0.2) is 52.4 Å². The van der Waals surface area contributed by atoms with Gasteiger partial charge in [0.2, 0.25) is 11.1 Å². The number of nitrogens with zero attached hydrogens (tertiary/aromatic N) is 3. The second kappa shape index (κ2) is 9.04. The van der Waals surface area contributed by atoms with Gasteiger partial charge in [-0.25, -0.2) is 4.90 Å². The summed E-state index contributed by atoms with van der Waals surface area (Å²) in [4.78, 5) is 31.2. The maximum absolute atomic E-state index is 13.4. The predicted octanol–water partition coefficient (Wildman–Crippen LogP) is 3.16. The van der Waals surface area contributed by atoms with Crippen molar-refractivity contribution < 1.29 is 19.0 Å². The molecule has 1 aromatic heterocycles. The lowest BCUT2D eigenvalue weighted by molar-refractivity contribution is -0.763. The highest BCUT2D eigenvalue weighted by Crippen LogP contribution is 2.40. The quantitative estimate of drug-likeness (QED) is 0.456. The van der Waals surface area contributed by atoms with Gasteiger partial charge < -0.3 is 9.47 Å². The van der Waals surface area contributed by atoms with E-state index in [0.717, 1.165) is 0 Å². The van der Waals surface area contributed by atoms with Crippen LogP contribution in [0.25, 0.3) is 11.3 Å². The average Bonchev–Trinajstić information content (AvgIpc) is 2.82. The van der Waals surface area contributed by atoms with E-state index in [-0.39, 0.29) is 11.5 Å². The van der Waals surface area contributed by atoms with E-state index in [1.165, 1.54) is 11.8 Å². The van der Waals surface area contributed by atoms with Gasteiger partial charge >= 0.3 is 11.3 Å². The van der Waals surface area contributed by atoms with E-state index in [1.54, 1.807) is 29.9 Å². The van der Waals surface area contributed by atoms with Crippen molar-refractivity contribution in [2.45, 2.75) is 31.1 Å². The molecule has 32 heavy (non-hydrogen) atoms. The first kappa shape index (κ1) is 21.9. The van der Waals surface area contributed by atoms with Crippen LogP contribution in [-0.4, -0.2) is 36.5 Å². The number of benzene rings is 2. The summed E-state index contributed by atoms with van der Waals surface area (Å²) >= 11 is 1.33. The Kier molecular flexibility index (Phi) is 6.18. The van der Waals surface area contributed by atoms with E-state index in [4.69, 9.17) is 14.6 Å². The van der Waals surface area contributed by atoms with Gasteiger partial charge in [0.25, 0.3) is 6.17 Å². The molecular formula is C23H25N4O4S+. The summed E-state index contributed by atoms with van der Waals surface area (Å²) in [7, 11) is 3.15. The summed E-state index contributed by atoms with van der Waals surface area (Å²) in [6.45, 7) is 1.96. The molecule has 1 amide bonds. The number of fused-ring (bicyclic) bond motifs is 3. The van der Waals surface area contributed by atoms with Crippen LogP contribution >= 0.6 is 11.8 Å². The van der Waals surface area contributed by atoms with E-state index < -0.39 is 6.17 Å². The molecule has 3 aromatic rings. The highest BCUT2D eigenvalue weighted by molar-refractivity contribution is 7.98. The molecule has 0 bridgehead atoms. The van der Waals surface area contributed by atoms with Gasteiger partial charge in [0.15, 0.2) is 0 Å². The number of ether oxygens (including phenoxy) is 2. The summed E-state index contributed by atoms with van der Waals surface area (Å²) < 4.78 is 12.7. The molecule has 2 aromatic carbocycles. The molecule has 1 atom stereocenters. The predicted molar refractivity (Wildman–Crippen MR) is 122 cm³/mol. The molecule has 1 N–H and O–H groups in total. The SMILES string of the molecule is CCCC(=O)N1c2ccccc2-c2c(=O)[nH]c(SC)n[n+]2[C@@H]1c1ccc(OC)cc1OC. The van der Waals surface area contributed by atoms with E-state index in [0.29, 0.717) is 52.0 Å². The van der Waals surface area contributed by atoms with Gasteiger partial charge in [0, 0.05) is 17.6 Å². The molecule has 2 heterocycles. The second-order valence-corrected chi connectivity index (χ2v) is 8.06. The van der Waals surface area contributed by atoms with Crippen molar-refractivity contribution in [3.05, 3.63) is 58.4 Å². The van der Waals surface area contributed by atoms with E-state index in [1.807, 2.05) is 49.6 Å². The fourth-order valence-corrected chi connectivity index (χ4v) is 4.34. The monoisotopic (exact) mass is 453 g/mol. The summed E-state index contributed by atoms with van der Waals surface area (Å²) in [6, 6.07) is 12.8. The van der Waals surface area contributed by atoms with Crippen molar-refractivity contribution >= 4 is 23.4 Å². The van der Waals surface area contributed by atoms with Crippen LogP contribution in [0.2, 0.25) is 0 Å². The van der Waals surface area contributed by atoms with E-state index >= 15 is 0 Å². The van der Waals surface area contributed by atoms with Gasteiger partial charge in [-0.1, -0.05) is 30.8 Å². The largest absolute Gasteiger partial charge is 0.497 e. The van der Waals surface area contributed by atoms with Crippen molar-refractivity contribution in [3.8, 4) is 22.8 Å². The van der Waals surface area contributed by atoms with Gasteiger partial charge in [0.05, 0.1) is 31.0 Å². The Morgan fingerprint density at radius 3 is 2.69 bits per heavy atom. The minimum absolute atomic E-state index is 0.0613. The molecule has 1 aliphatic heterocycles. The molecule has 0 unspecified atom stereocenters. The Balaban J connectivity index is 2.08. The van der Waals surface area contributed by atoms with Crippen LogP contribution in [0.1, 0.15) is 31.5 Å². The van der Waals surface area contributed by atoms with Crippen LogP contribution in [0, 0.1) is 0 Å². The zero-order chi connectivity index (χ0) is 22.8. The number of carbonyl (C=O) groups is 1. The number of hydrogen-bond acceptors (Lipinski definition) is 6. The maximum Gasteiger partial charge on any atom is 0.325 e. The van der Waals surface area contributed by atoms with Crippen LogP contribution in [-0.2, 0) is 4.79 Å². The number of nitrogens with one attached hydrogen (secondary N) is 1. The number of H-pyrrole nitrogens is 1. The molecule has 166 valence electrons. The van der Waals surface area contributed by atoms with Crippen LogP contribution in [0.3, 0.4) is 0 Å². The van der Waals surface area contributed by atoms with Gasteiger partial charge in [0.1, 0.15) is 11.5 Å². The molecule has 0 saturated carbocycles. The first-order chi connectivity index (χ1) is 15.5. The van der Waals surface area contributed by atoms with Gasteiger partial charge in [-0.05, 0) is 41.6 Å². The van der Waals surface area contributed by atoms with Crippen LogP contribution in [0.5, 0.6) is 11.5 Å². The average molecular weight is 454 g/mol. The molecule has 4 rings (SSSR count). The first-order valence-corrected chi connectivity index (χ1v) is 11.5. The summed E-state index contributed by atoms with van der Waals surface area (Å²) in [5.74, 6) is 1.10. The number of aromatic nitrogens is 3. The molecule has 9 heteroatoms. The van der Waals surface area contributed by atoms with Crippen molar-refractivity contribution in [3.63, 3.8) is 0 Å². The van der Waals surface area contributed by atoms with E-state index in [2.05, 4.69) is 4.98 Å². The van der Waals surface area contributed by atoms with Gasteiger partial charge in [-0.15, -0.1) is 0 Å². The number of aromatic amines is 1. The normalized spacial score (nSPS) is 14.5. The summed E-state index contributed by atoms with van der Waals surface area (Å²) in [6.07, 6.45) is 2.19.